The van der Waals surface area contributed by atoms with Gasteiger partial charge in [-0.2, -0.15) is 0 Å². The maximum atomic E-state index is 12.7. The van der Waals surface area contributed by atoms with Crippen molar-refractivity contribution in [2.75, 3.05) is 5.32 Å². The Morgan fingerprint density at radius 3 is 2.00 bits per heavy atom. The summed E-state index contributed by atoms with van der Waals surface area (Å²) in [5.74, 6) is 0.0383. The zero-order valence-electron chi connectivity index (χ0n) is 14.8. The first-order valence-corrected chi connectivity index (χ1v) is 9.31. The Hall–Kier alpha value is -1.40. The summed E-state index contributed by atoms with van der Waals surface area (Å²) >= 11 is 4.69. The number of nitrogens with zero attached hydrogens (tertiary/aromatic N) is 1. The molecule has 0 saturated heterocycles. The van der Waals surface area contributed by atoms with Gasteiger partial charge < -0.3 is 5.11 Å². The zero-order chi connectivity index (χ0) is 18.3. The Kier molecular flexibility index (Phi) is 5.11. The van der Waals surface area contributed by atoms with Gasteiger partial charge in [-0.05, 0) is 38.9 Å². The van der Waals surface area contributed by atoms with Crippen LogP contribution in [0.1, 0.15) is 63.0 Å². The lowest BCUT2D eigenvalue weighted by molar-refractivity contribution is 0.102. The molecular weight excluding hydrogens is 388 g/mol. The number of hydrogen-bond acceptors (Lipinski definition) is 4. The number of aromatic hydroxyl groups is 1. The highest BCUT2D eigenvalue weighted by molar-refractivity contribution is 9.11. The second-order valence-electron chi connectivity index (χ2n) is 7.84. The molecule has 2 aromatic rings. The largest absolute Gasteiger partial charge is 0.507 e. The van der Waals surface area contributed by atoms with Crippen LogP contribution in [0.2, 0.25) is 0 Å². The van der Waals surface area contributed by atoms with E-state index in [1.807, 2.05) is 41.5 Å². The molecule has 0 bridgehead atoms. The van der Waals surface area contributed by atoms with E-state index in [2.05, 4.69) is 26.2 Å². The molecule has 2 N–H and O–H groups in total. The lowest BCUT2D eigenvalue weighted by Crippen LogP contribution is -2.20. The van der Waals surface area contributed by atoms with Gasteiger partial charge in [-0.25, -0.2) is 4.98 Å². The molecule has 6 heteroatoms. The zero-order valence-corrected chi connectivity index (χ0v) is 17.2. The number of aromatic nitrogens is 1. The number of carbonyl (C=O) groups is 1. The average molecular weight is 411 g/mol. The molecule has 1 aromatic carbocycles. The lowest BCUT2D eigenvalue weighted by Gasteiger charge is -2.28. The maximum absolute atomic E-state index is 12.7. The van der Waals surface area contributed by atoms with Crippen LogP contribution in [-0.2, 0) is 10.8 Å². The van der Waals surface area contributed by atoms with Gasteiger partial charge in [0.15, 0.2) is 5.13 Å². The number of carbonyl (C=O) groups excluding carboxylic acids is 1. The summed E-state index contributed by atoms with van der Waals surface area (Å²) in [7, 11) is 0. The fourth-order valence-corrected chi connectivity index (χ4v) is 3.49. The van der Waals surface area contributed by atoms with Crippen molar-refractivity contribution in [1.82, 2.24) is 4.98 Å². The highest BCUT2D eigenvalue weighted by Crippen LogP contribution is 2.40. The highest BCUT2D eigenvalue weighted by atomic mass is 79.9. The minimum atomic E-state index is -0.273. The standard InChI is InChI=1S/C18H23BrN2O2S/c1-17(2,3)11-7-10(8-12(14(11)22)18(4,5)6)15(23)21-16-20-9-13(19)24-16/h7-9,22H,1-6H3,(H,20,21,23). The van der Waals surface area contributed by atoms with E-state index in [1.165, 1.54) is 11.3 Å². The molecule has 1 heterocycles. The number of rotatable bonds is 2. The fourth-order valence-electron chi connectivity index (χ4n) is 2.39. The molecule has 0 aliphatic heterocycles. The summed E-state index contributed by atoms with van der Waals surface area (Å²) in [4.78, 5) is 16.8. The van der Waals surface area contributed by atoms with Crippen molar-refractivity contribution in [2.45, 2.75) is 52.4 Å². The van der Waals surface area contributed by atoms with Crippen LogP contribution in [0.15, 0.2) is 22.1 Å². The molecule has 0 aliphatic rings. The van der Waals surface area contributed by atoms with Gasteiger partial charge >= 0.3 is 0 Å². The Balaban J connectivity index is 2.51. The van der Waals surface area contributed by atoms with E-state index in [1.54, 1.807) is 18.3 Å². The summed E-state index contributed by atoms with van der Waals surface area (Å²) in [6, 6.07) is 3.53. The quantitative estimate of drug-likeness (QED) is 0.690. The van der Waals surface area contributed by atoms with E-state index in [0.717, 1.165) is 14.9 Å². The third-order valence-corrected chi connectivity index (χ3v) is 5.08. The number of anilines is 1. The van der Waals surface area contributed by atoms with E-state index in [4.69, 9.17) is 0 Å². The predicted octanol–water partition coefficient (Wildman–Crippen LogP) is 5.46. The normalized spacial score (nSPS) is 12.3. The number of thiazole rings is 1. The summed E-state index contributed by atoms with van der Waals surface area (Å²) in [5, 5.41) is 14.1. The van der Waals surface area contributed by atoms with Gasteiger partial charge in [-0.3, -0.25) is 10.1 Å². The first-order chi connectivity index (χ1) is 10.9. The Morgan fingerprint density at radius 1 is 1.12 bits per heavy atom. The summed E-state index contributed by atoms with van der Waals surface area (Å²) in [6.45, 7) is 12.1. The lowest BCUT2D eigenvalue weighted by atomic mass is 9.78. The number of hydrogen-bond donors (Lipinski definition) is 2. The van der Waals surface area contributed by atoms with Crippen LogP contribution in [0, 0.1) is 0 Å². The van der Waals surface area contributed by atoms with Crippen LogP contribution in [0.3, 0.4) is 0 Å². The third kappa shape index (κ3) is 4.16. The van der Waals surface area contributed by atoms with Crippen molar-refractivity contribution in [3.05, 3.63) is 38.8 Å². The van der Waals surface area contributed by atoms with Crippen LogP contribution in [0.25, 0.3) is 0 Å². The monoisotopic (exact) mass is 410 g/mol. The molecule has 2 rings (SSSR count). The molecule has 0 fully saturated rings. The molecule has 0 radical (unpaired) electrons. The summed E-state index contributed by atoms with van der Waals surface area (Å²) < 4.78 is 0.856. The van der Waals surface area contributed by atoms with E-state index in [9.17, 15) is 9.90 Å². The van der Waals surface area contributed by atoms with Gasteiger partial charge in [0.25, 0.3) is 5.91 Å². The Labute approximate surface area is 155 Å². The van der Waals surface area contributed by atoms with Gasteiger partial charge in [0, 0.05) is 16.7 Å². The molecule has 24 heavy (non-hydrogen) atoms. The molecule has 130 valence electrons. The first kappa shape index (κ1) is 18.9. The third-order valence-electron chi connectivity index (χ3n) is 3.69. The van der Waals surface area contributed by atoms with Gasteiger partial charge in [-0.15, -0.1) is 0 Å². The Morgan fingerprint density at radius 2 is 1.62 bits per heavy atom. The number of amides is 1. The number of benzene rings is 1. The second kappa shape index (κ2) is 6.48. The van der Waals surface area contributed by atoms with Crippen LogP contribution >= 0.6 is 27.3 Å². The minimum absolute atomic E-state index is 0.229. The topological polar surface area (TPSA) is 62.2 Å². The fraction of sp³-hybridized carbons (Fsp3) is 0.444. The summed E-state index contributed by atoms with van der Waals surface area (Å²) in [5.41, 5.74) is 1.50. The molecule has 1 amide bonds. The van der Waals surface area contributed by atoms with Crippen molar-refractivity contribution in [1.29, 1.82) is 0 Å². The van der Waals surface area contributed by atoms with Gasteiger partial charge in [0.05, 0.1) is 9.98 Å². The average Bonchev–Trinajstić information content (AvgIpc) is 2.81. The number of nitrogens with one attached hydrogen (secondary N) is 1. The highest BCUT2D eigenvalue weighted by Gasteiger charge is 2.27. The first-order valence-electron chi connectivity index (χ1n) is 7.70. The molecule has 0 saturated carbocycles. The molecule has 0 aliphatic carbocycles. The van der Waals surface area contributed by atoms with Crippen molar-refractivity contribution < 1.29 is 9.90 Å². The molecule has 0 atom stereocenters. The van der Waals surface area contributed by atoms with Crippen LogP contribution in [0.5, 0.6) is 5.75 Å². The summed E-state index contributed by atoms with van der Waals surface area (Å²) in [6.07, 6.45) is 1.65. The molecule has 0 spiro atoms. The van der Waals surface area contributed by atoms with Gasteiger partial charge in [0.2, 0.25) is 0 Å². The number of halogens is 1. The maximum Gasteiger partial charge on any atom is 0.257 e. The SMILES string of the molecule is CC(C)(C)c1cc(C(=O)Nc2ncc(Br)s2)cc(C(C)(C)C)c1O. The van der Waals surface area contributed by atoms with E-state index >= 15 is 0 Å². The van der Waals surface area contributed by atoms with Crippen LogP contribution in [0.4, 0.5) is 5.13 Å². The molecule has 0 unspecified atom stereocenters. The van der Waals surface area contributed by atoms with E-state index < -0.39 is 0 Å². The van der Waals surface area contributed by atoms with Crippen molar-refractivity contribution in [2.24, 2.45) is 0 Å². The van der Waals surface area contributed by atoms with Crippen molar-refractivity contribution in [3.8, 4) is 5.75 Å². The van der Waals surface area contributed by atoms with E-state index in [0.29, 0.717) is 10.7 Å². The van der Waals surface area contributed by atoms with Crippen molar-refractivity contribution >= 4 is 38.3 Å². The van der Waals surface area contributed by atoms with Gasteiger partial charge in [-0.1, -0.05) is 52.9 Å². The second-order valence-corrected chi connectivity index (χ2v) is 10.3. The minimum Gasteiger partial charge on any atom is -0.507 e. The van der Waals surface area contributed by atoms with Crippen molar-refractivity contribution in [3.63, 3.8) is 0 Å². The molecule has 4 nitrogen and oxygen atoms in total. The van der Waals surface area contributed by atoms with E-state index in [-0.39, 0.29) is 22.5 Å². The smallest absolute Gasteiger partial charge is 0.257 e. The molecule has 1 aromatic heterocycles. The predicted molar refractivity (Wildman–Crippen MR) is 103 cm³/mol. The number of phenolic OH excluding ortho intramolecular Hbond substituents is 1. The number of phenols is 1. The van der Waals surface area contributed by atoms with Crippen LogP contribution < -0.4 is 5.32 Å². The Bertz CT molecular complexity index is 735. The molecular formula is C18H23BrN2O2S. The van der Waals surface area contributed by atoms with Crippen LogP contribution in [-0.4, -0.2) is 16.0 Å². The van der Waals surface area contributed by atoms with Gasteiger partial charge in [0.1, 0.15) is 5.75 Å².